The van der Waals surface area contributed by atoms with Crippen molar-refractivity contribution < 1.29 is 22.1 Å². The number of H-pyrrole nitrogens is 1. The van der Waals surface area contributed by atoms with Crippen molar-refractivity contribution in [1.29, 1.82) is 0 Å². The number of aromatic amines is 1. The van der Waals surface area contributed by atoms with E-state index in [-0.39, 0.29) is 28.2 Å². The van der Waals surface area contributed by atoms with Crippen LogP contribution < -0.4 is 9.64 Å². The van der Waals surface area contributed by atoms with Crippen LogP contribution in [0.15, 0.2) is 27.6 Å². The molecule has 1 fully saturated rings. The third-order valence-electron chi connectivity index (χ3n) is 6.05. The van der Waals surface area contributed by atoms with Crippen molar-refractivity contribution in [3.8, 4) is 17.1 Å². The van der Waals surface area contributed by atoms with E-state index in [1.807, 2.05) is 18.7 Å². The zero-order valence-corrected chi connectivity index (χ0v) is 21.1. The number of nitrogens with zero attached hydrogens (tertiary/aromatic N) is 6. The molecule has 36 heavy (non-hydrogen) atoms. The Bertz CT molecular complexity index is 1520. The van der Waals surface area contributed by atoms with Gasteiger partial charge in [0.15, 0.2) is 15.7 Å². The van der Waals surface area contributed by atoms with Gasteiger partial charge in [-0.25, -0.2) is 17.8 Å². The van der Waals surface area contributed by atoms with Gasteiger partial charge < -0.3 is 14.2 Å². The number of aromatic nitrogens is 6. The smallest absolute Gasteiger partial charge is 0.324 e. The molecule has 0 radical (unpaired) electrons. The monoisotopic (exact) mass is 515 g/mol. The van der Waals surface area contributed by atoms with Crippen molar-refractivity contribution in [3.05, 3.63) is 35.7 Å². The fourth-order valence-corrected chi connectivity index (χ4v) is 4.72. The highest BCUT2D eigenvalue weighted by Crippen LogP contribution is 2.33. The van der Waals surface area contributed by atoms with E-state index in [1.165, 1.54) is 12.1 Å². The maximum atomic E-state index is 14.9. The number of hydrogen-bond acceptors (Lipinski definition) is 10. The molecule has 5 rings (SSSR count). The number of sulfone groups is 1. The van der Waals surface area contributed by atoms with Gasteiger partial charge >= 0.3 is 6.01 Å². The van der Waals surface area contributed by atoms with E-state index >= 15 is 0 Å². The van der Waals surface area contributed by atoms with Crippen molar-refractivity contribution in [3.63, 3.8) is 0 Å². The molecule has 3 aromatic heterocycles. The third-order valence-corrected chi connectivity index (χ3v) is 7.16. The van der Waals surface area contributed by atoms with Gasteiger partial charge in [0.1, 0.15) is 34.5 Å². The molecule has 1 saturated heterocycles. The molecular weight excluding hydrogens is 489 g/mol. The molecule has 0 spiro atoms. The first-order valence-electron chi connectivity index (χ1n) is 11.6. The maximum absolute atomic E-state index is 14.9. The normalized spacial score (nSPS) is 15.2. The predicted molar refractivity (Wildman–Crippen MR) is 129 cm³/mol. The van der Waals surface area contributed by atoms with E-state index in [0.29, 0.717) is 60.5 Å². The summed E-state index contributed by atoms with van der Waals surface area (Å²) in [6, 6.07) is 4.23. The van der Waals surface area contributed by atoms with Crippen LogP contribution in [0.2, 0.25) is 0 Å². The minimum Gasteiger partial charge on any atom is -0.473 e. The topological polar surface area (TPSA) is 140 Å². The second-order valence-corrected chi connectivity index (χ2v) is 11.2. The van der Waals surface area contributed by atoms with Crippen LogP contribution in [-0.2, 0) is 9.84 Å². The van der Waals surface area contributed by atoms with Crippen LogP contribution in [0.25, 0.3) is 22.3 Å². The lowest BCUT2D eigenvalue weighted by Crippen LogP contribution is -2.38. The second-order valence-electron chi connectivity index (χ2n) is 9.18. The lowest BCUT2D eigenvalue weighted by Gasteiger charge is -2.30. The number of rotatable bonds is 6. The predicted octanol–water partition coefficient (Wildman–Crippen LogP) is 3.43. The summed E-state index contributed by atoms with van der Waals surface area (Å²) in [7, 11) is -3.54. The largest absolute Gasteiger partial charge is 0.473 e. The lowest BCUT2D eigenvalue weighted by atomic mass is 10.1. The van der Waals surface area contributed by atoms with Crippen molar-refractivity contribution in [2.24, 2.45) is 0 Å². The minimum absolute atomic E-state index is 0.106. The zero-order chi connectivity index (χ0) is 25.6. The van der Waals surface area contributed by atoms with E-state index < -0.39 is 15.7 Å². The van der Waals surface area contributed by atoms with Crippen molar-refractivity contribution in [2.75, 3.05) is 24.2 Å². The molecule has 1 aliphatic rings. The molecule has 0 bridgehead atoms. The fourth-order valence-electron chi connectivity index (χ4n) is 4.09. The van der Waals surface area contributed by atoms with Crippen LogP contribution in [-0.4, -0.2) is 64.2 Å². The summed E-state index contributed by atoms with van der Waals surface area (Å²) in [5, 5.41) is 11.1. The Hall–Kier alpha value is -3.61. The van der Waals surface area contributed by atoms with E-state index in [9.17, 15) is 12.8 Å². The number of aryl methyl sites for hydroxylation is 1. The molecule has 11 nitrogen and oxygen atoms in total. The van der Waals surface area contributed by atoms with E-state index in [1.54, 1.807) is 6.92 Å². The van der Waals surface area contributed by atoms with Crippen LogP contribution in [0, 0.1) is 12.7 Å². The standard InChI is InChI=1S/C23H26FN7O4S/c1-12(2)21-27-23(35-30-21)31-9-7-14(8-10-31)34-22-20-19(25-13(3)26-22)18(28-29-20)16-6-5-15(11-17(16)24)36(4,32)33/h5-6,11-12,14H,7-10H2,1-4H3,(H,28,29). The Morgan fingerprint density at radius 2 is 1.94 bits per heavy atom. The summed E-state index contributed by atoms with van der Waals surface area (Å²) in [6.07, 6.45) is 2.35. The van der Waals surface area contributed by atoms with E-state index in [2.05, 4.69) is 30.3 Å². The molecule has 0 amide bonds. The van der Waals surface area contributed by atoms with Gasteiger partial charge in [0, 0.05) is 43.7 Å². The van der Waals surface area contributed by atoms with Crippen LogP contribution in [0.5, 0.6) is 5.88 Å². The first-order valence-corrected chi connectivity index (χ1v) is 13.5. The summed E-state index contributed by atoms with van der Waals surface area (Å²) in [5.41, 5.74) is 1.23. The Labute approximate surface area is 207 Å². The molecule has 1 aromatic carbocycles. The molecule has 0 unspecified atom stereocenters. The van der Waals surface area contributed by atoms with E-state index in [0.717, 1.165) is 12.3 Å². The van der Waals surface area contributed by atoms with Gasteiger partial charge in [0.25, 0.3) is 0 Å². The van der Waals surface area contributed by atoms with Gasteiger partial charge in [-0.1, -0.05) is 19.0 Å². The molecule has 0 atom stereocenters. The number of nitrogens with one attached hydrogen (secondary N) is 1. The first-order chi connectivity index (χ1) is 17.1. The maximum Gasteiger partial charge on any atom is 0.324 e. The molecule has 0 aliphatic carbocycles. The van der Waals surface area contributed by atoms with Crippen molar-refractivity contribution in [1.82, 2.24) is 30.3 Å². The number of anilines is 1. The summed E-state index contributed by atoms with van der Waals surface area (Å²) in [5.74, 6) is 0.941. The number of fused-ring (bicyclic) bond motifs is 1. The Kier molecular flexibility index (Phi) is 6.10. The van der Waals surface area contributed by atoms with Gasteiger partial charge in [-0.2, -0.15) is 15.1 Å². The van der Waals surface area contributed by atoms with Crippen molar-refractivity contribution in [2.45, 2.75) is 50.5 Å². The quantitative estimate of drug-likeness (QED) is 0.406. The highest BCUT2D eigenvalue weighted by molar-refractivity contribution is 7.90. The summed E-state index contributed by atoms with van der Waals surface area (Å²) >= 11 is 0. The molecule has 0 saturated carbocycles. The van der Waals surface area contributed by atoms with Crippen molar-refractivity contribution >= 4 is 26.9 Å². The van der Waals surface area contributed by atoms with Gasteiger partial charge in [0.2, 0.25) is 5.88 Å². The second kappa shape index (κ2) is 9.12. The Morgan fingerprint density at radius 1 is 1.19 bits per heavy atom. The highest BCUT2D eigenvalue weighted by Gasteiger charge is 2.27. The molecule has 4 heterocycles. The average molecular weight is 516 g/mol. The van der Waals surface area contributed by atoms with Crippen LogP contribution in [0.4, 0.5) is 10.4 Å². The van der Waals surface area contributed by atoms with Gasteiger partial charge in [-0.3, -0.25) is 5.10 Å². The van der Waals surface area contributed by atoms with Gasteiger partial charge in [0.05, 0.1) is 4.90 Å². The number of halogens is 1. The van der Waals surface area contributed by atoms with Crippen LogP contribution in [0.1, 0.15) is 44.3 Å². The molecule has 190 valence electrons. The lowest BCUT2D eigenvalue weighted by molar-refractivity contribution is 0.163. The zero-order valence-electron chi connectivity index (χ0n) is 20.3. The number of piperidine rings is 1. The molecule has 4 aromatic rings. The van der Waals surface area contributed by atoms with Crippen LogP contribution in [0.3, 0.4) is 0 Å². The molecular formula is C23H26FN7O4S. The first kappa shape index (κ1) is 24.1. The minimum atomic E-state index is -3.54. The molecule has 13 heteroatoms. The fraction of sp³-hybridized carbons (Fsp3) is 0.435. The highest BCUT2D eigenvalue weighted by atomic mass is 32.2. The number of benzene rings is 1. The third kappa shape index (κ3) is 4.62. The van der Waals surface area contributed by atoms with Crippen LogP contribution >= 0.6 is 0 Å². The van der Waals surface area contributed by atoms with Gasteiger partial charge in [-0.15, -0.1) is 0 Å². The summed E-state index contributed by atoms with van der Waals surface area (Å²) < 4.78 is 50.0. The van der Waals surface area contributed by atoms with Gasteiger partial charge in [-0.05, 0) is 25.1 Å². The average Bonchev–Trinajstić information content (AvgIpc) is 3.47. The van der Waals surface area contributed by atoms with E-state index in [4.69, 9.17) is 9.26 Å². The Morgan fingerprint density at radius 3 is 2.58 bits per heavy atom. The number of hydrogen-bond donors (Lipinski definition) is 1. The summed E-state index contributed by atoms with van der Waals surface area (Å²) in [6.45, 7) is 7.11. The Balaban J connectivity index is 1.36. The molecule has 1 aliphatic heterocycles. The summed E-state index contributed by atoms with van der Waals surface area (Å²) in [4.78, 5) is 15.3. The number of ether oxygens (including phenoxy) is 1. The molecule has 1 N–H and O–H groups in total. The SMILES string of the molecule is Cc1nc(OC2CCN(c3nc(C(C)C)no3)CC2)c2[nH]nc(-c3ccc(S(C)(=O)=O)cc3F)c2n1.